The summed E-state index contributed by atoms with van der Waals surface area (Å²) >= 11 is 3.16. The number of aliphatic carboxylic acids is 1. The lowest BCUT2D eigenvalue weighted by Gasteiger charge is -2.30. The van der Waals surface area contributed by atoms with E-state index in [1.54, 1.807) is 6.07 Å². The molecule has 3 nitrogen and oxygen atoms in total. The topological polar surface area (TPSA) is 49.3 Å². The van der Waals surface area contributed by atoms with Crippen LogP contribution < -0.4 is 5.32 Å². The highest BCUT2D eigenvalue weighted by Crippen LogP contribution is 2.27. The molecule has 0 saturated heterocycles. The second-order valence-corrected chi connectivity index (χ2v) is 5.42. The van der Waals surface area contributed by atoms with Crippen molar-refractivity contribution in [2.75, 3.05) is 0 Å². The van der Waals surface area contributed by atoms with E-state index in [0.29, 0.717) is 4.47 Å². The van der Waals surface area contributed by atoms with Gasteiger partial charge in [-0.15, -0.1) is 0 Å². The van der Waals surface area contributed by atoms with Gasteiger partial charge in [-0.2, -0.15) is 0 Å². The number of hydrogen-bond acceptors (Lipinski definition) is 2. The number of carboxylic acid groups (broad SMARTS) is 1. The molecule has 2 unspecified atom stereocenters. The lowest BCUT2D eigenvalue weighted by atomic mass is 9.90. The average molecular weight is 318 g/mol. The van der Waals surface area contributed by atoms with Crippen LogP contribution in [-0.2, 0) is 10.3 Å². The molecule has 5 heteroatoms. The van der Waals surface area contributed by atoms with Crippen molar-refractivity contribution in [1.82, 2.24) is 5.32 Å². The third kappa shape index (κ3) is 3.09. The van der Waals surface area contributed by atoms with Crippen LogP contribution in [0.5, 0.6) is 0 Å². The zero-order valence-electron chi connectivity index (χ0n) is 10.6. The molecule has 0 aliphatic heterocycles. The molecule has 100 valence electrons. The van der Waals surface area contributed by atoms with Gasteiger partial charge in [0.25, 0.3) is 0 Å². The van der Waals surface area contributed by atoms with E-state index in [-0.39, 0.29) is 11.6 Å². The minimum Gasteiger partial charge on any atom is -0.480 e. The van der Waals surface area contributed by atoms with Gasteiger partial charge in [0.2, 0.25) is 0 Å². The van der Waals surface area contributed by atoms with Crippen LogP contribution in [-0.4, -0.2) is 17.1 Å². The zero-order valence-corrected chi connectivity index (χ0v) is 12.2. The minimum absolute atomic E-state index is 0.0193. The van der Waals surface area contributed by atoms with Crippen LogP contribution in [0.4, 0.5) is 4.39 Å². The van der Waals surface area contributed by atoms with E-state index in [1.807, 2.05) is 13.8 Å². The monoisotopic (exact) mass is 317 g/mol. The highest BCUT2D eigenvalue weighted by atomic mass is 79.9. The Hall–Kier alpha value is -0.940. The van der Waals surface area contributed by atoms with Gasteiger partial charge in [0, 0.05) is 16.1 Å². The summed E-state index contributed by atoms with van der Waals surface area (Å²) < 4.78 is 14.5. The number of carboxylic acids is 1. The van der Waals surface area contributed by atoms with Crippen LogP contribution in [0.3, 0.4) is 0 Å². The molecule has 0 aromatic heterocycles. The maximum absolute atomic E-state index is 13.9. The number of halogens is 2. The minimum atomic E-state index is -1.43. The molecule has 1 aromatic rings. The Labute approximate surface area is 115 Å². The SMILES string of the molecule is CCC(C)NC(C)(C(=O)O)c1ccc(Br)cc1F. The molecule has 1 aromatic carbocycles. The molecule has 0 amide bonds. The Morgan fingerprint density at radius 1 is 1.61 bits per heavy atom. The van der Waals surface area contributed by atoms with Crippen molar-refractivity contribution in [1.29, 1.82) is 0 Å². The van der Waals surface area contributed by atoms with E-state index in [0.717, 1.165) is 6.42 Å². The number of nitrogens with one attached hydrogen (secondary N) is 1. The third-order valence-electron chi connectivity index (χ3n) is 3.04. The third-order valence-corrected chi connectivity index (χ3v) is 3.54. The lowest BCUT2D eigenvalue weighted by molar-refractivity contribution is -0.145. The van der Waals surface area contributed by atoms with E-state index in [1.165, 1.54) is 19.1 Å². The van der Waals surface area contributed by atoms with Crippen LogP contribution in [0.25, 0.3) is 0 Å². The van der Waals surface area contributed by atoms with Crippen molar-refractivity contribution < 1.29 is 14.3 Å². The summed E-state index contributed by atoms with van der Waals surface area (Å²) in [5, 5.41) is 12.3. The molecule has 0 spiro atoms. The molecule has 1 rings (SSSR count). The van der Waals surface area contributed by atoms with Crippen LogP contribution in [0.2, 0.25) is 0 Å². The van der Waals surface area contributed by atoms with Crippen molar-refractivity contribution in [3.8, 4) is 0 Å². The number of benzene rings is 1. The molecule has 0 radical (unpaired) electrons. The van der Waals surface area contributed by atoms with Crippen LogP contribution in [0.1, 0.15) is 32.8 Å². The standard InChI is InChI=1S/C13H17BrFNO2/c1-4-8(2)16-13(3,12(17)18)10-6-5-9(14)7-11(10)15/h5-8,16H,4H2,1-3H3,(H,17,18). The molecule has 0 fully saturated rings. The summed E-state index contributed by atoms with van der Waals surface area (Å²) in [5.41, 5.74) is -1.29. The number of hydrogen-bond donors (Lipinski definition) is 2. The predicted molar refractivity (Wildman–Crippen MR) is 72.0 cm³/mol. The first-order valence-corrected chi connectivity index (χ1v) is 6.57. The summed E-state index contributed by atoms with van der Waals surface area (Å²) in [6.45, 7) is 5.30. The van der Waals surface area contributed by atoms with Gasteiger partial charge in [0.05, 0.1) is 0 Å². The van der Waals surface area contributed by atoms with Gasteiger partial charge in [-0.3, -0.25) is 5.32 Å². The van der Waals surface area contributed by atoms with Crippen LogP contribution >= 0.6 is 15.9 Å². The summed E-state index contributed by atoms with van der Waals surface area (Å²) in [5.74, 6) is -1.63. The molecular weight excluding hydrogens is 301 g/mol. The van der Waals surface area contributed by atoms with Gasteiger partial charge in [-0.25, -0.2) is 9.18 Å². The maximum Gasteiger partial charge on any atom is 0.328 e. The second kappa shape index (κ2) is 5.80. The van der Waals surface area contributed by atoms with E-state index < -0.39 is 17.3 Å². The molecular formula is C13H17BrFNO2. The summed E-state index contributed by atoms with van der Waals surface area (Å²) in [4.78, 5) is 11.5. The summed E-state index contributed by atoms with van der Waals surface area (Å²) in [6, 6.07) is 4.38. The number of rotatable bonds is 5. The Morgan fingerprint density at radius 2 is 2.22 bits per heavy atom. The molecule has 0 bridgehead atoms. The fraction of sp³-hybridized carbons (Fsp3) is 0.462. The van der Waals surface area contributed by atoms with Crippen molar-refractivity contribution >= 4 is 21.9 Å². The average Bonchev–Trinajstić information content (AvgIpc) is 2.28. The Bertz CT molecular complexity index is 453. The van der Waals surface area contributed by atoms with Gasteiger partial charge in [0.15, 0.2) is 0 Å². The van der Waals surface area contributed by atoms with Crippen molar-refractivity contribution in [2.24, 2.45) is 0 Å². The Morgan fingerprint density at radius 3 is 2.67 bits per heavy atom. The Balaban J connectivity index is 3.22. The van der Waals surface area contributed by atoms with E-state index >= 15 is 0 Å². The van der Waals surface area contributed by atoms with E-state index in [4.69, 9.17) is 0 Å². The molecule has 18 heavy (non-hydrogen) atoms. The fourth-order valence-electron chi connectivity index (χ4n) is 1.74. The predicted octanol–water partition coefficient (Wildman–Crippen LogP) is 3.28. The quantitative estimate of drug-likeness (QED) is 0.876. The van der Waals surface area contributed by atoms with E-state index in [9.17, 15) is 14.3 Å². The van der Waals surface area contributed by atoms with Gasteiger partial charge in [-0.05, 0) is 32.4 Å². The molecule has 0 heterocycles. The largest absolute Gasteiger partial charge is 0.480 e. The molecule has 2 atom stereocenters. The van der Waals surface area contributed by atoms with Crippen molar-refractivity contribution in [3.05, 3.63) is 34.1 Å². The van der Waals surface area contributed by atoms with Gasteiger partial charge >= 0.3 is 5.97 Å². The maximum atomic E-state index is 13.9. The van der Waals surface area contributed by atoms with Crippen molar-refractivity contribution in [3.63, 3.8) is 0 Å². The summed E-state index contributed by atoms with van der Waals surface area (Å²) in [6.07, 6.45) is 0.765. The van der Waals surface area contributed by atoms with Gasteiger partial charge in [0.1, 0.15) is 11.4 Å². The fourth-order valence-corrected chi connectivity index (χ4v) is 2.08. The zero-order chi connectivity index (χ0) is 13.9. The first kappa shape index (κ1) is 15.1. The lowest BCUT2D eigenvalue weighted by Crippen LogP contribution is -2.50. The highest BCUT2D eigenvalue weighted by Gasteiger charge is 2.38. The highest BCUT2D eigenvalue weighted by molar-refractivity contribution is 9.10. The van der Waals surface area contributed by atoms with E-state index in [2.05, 4.69) is 21.2 Å². The van der Waals surface area contributed by atoms with Crippen LogP contribution in [0, 0.1) is 5.82 Å². The smallest absolute Gasteiger partial charge is 0.328 e. The normalized spacial score (nSPS) is 16.1. The molecule has 0 aliphatic carbocycles. The first-order chi connectivity index (χ1) is 8.31. The molecule has 0 aliphatic rings. The number of carbonyl (C=O) groups is 1. The Kier molecular flexibility index (Phi) is 4.87. The first-order valence-electron chi connectivity index (χ1n) is 5.78. The van der Waals surface area contributed by atoms with Gasteiger partial charge < -0.3 is 5.11 Å². The molecule has 2 N–H and O–H groups in total. The van der Waals surface area contributed by atoms with Gasteiger partial charge in [-0.1, -0.05) is 28.9 Å². The van der Waals surface area contributed by atoms with Crippen molar-refractivity contribution in [2.45, 2.75) is 38.8 Å². The summed E-state index contributed by atoms with van der Waals surface area (Å²) in [7, 11) is 0. The van der Waals surface area contributed by atoms with Crippen LogP contribution in [0.15, 0.2) is 22.7 Å². The second-order valence-electron chi connectivity index (χ2n) is 4.51. The molecule has 0 saturated carbocycles.